The Kier molecular flexibility index (Phi) is 1.52. The zero-order chi connectivity index (χ0) is 5.28. The first-order chi connectivity index (χ1) is 3.33. The first kappa shape index (κ1) is 5.35. The predicted octanol–water partition coefficient (Wildman–Crippen LogP) is 0.471. The molecular weight excluding hydrogens is 114 g/mol. The minimum Gasteiger partial charge on any atom is -0.379 e. The van der Waals surface area contributed by atoms with Crippen LogP contribution >= 0.6 is 11.8 Å². The van der Waals surface area contributed by atoms with Gasteiger partial charge in [-0.25, -0.2) is 4.42 Å². The Labute approximate surface area is 48.1 Å². The van der Waals surface area contributed by atoms with Gasteiger partial charge in [-0.2, -0.15) is 0 Å². The molecule has 1 rings (SSSR count). The first-order valence-electron chi connectivity index (χ1n) is 2.26. The molecule has 1 saturated heterocycles. The molecule has 0 bridgehead atoms. The lowest BCUT2D eigenvalue weighted by Crippen LogP contribution is -2.45. The average molecular weight is 122 g/mol. The summed E-state index contributed by atoms with van der Waals surface area (Å²) in [6, 6.07) is 0. The fraction of sp³-hybridized carbons (Fsp3) is 1.00. The van der Waals surface area contributed by atoms with Crippen molar-refractivity contribution >= 4 is 11.8 Å². The van der Waals surface area contributed by atoms with Crippen molar-refractivity contribution in [1.82, 2.24) is 4.42 Å². The number of hydrogen-bond acceptors (Lipinski definition) is 2. The van der Waals surface area contributed by atoms with Gasteiger partial charge < -0.3 is 4.74 Å². The summed E-state index contributed by atoms with van der Waals surface area (Å²) in [4.78, 5) is 0. The molecule has 0 amide bonds. The van der Waals surface area contributed by atoms with Crippen LogP contribution in [-0.4, -0.2) is 30.7 Å². The van der Waals surface area contributed by atoms with Crippen LogP contribution in [-0.2, 0) is 4.74 Å². The van der Waals surface area contributed by atoms with E-state index in [1.165, 1.54) is 0 Å². The SMILES string of the molecule is COC1CN(Cl)C1. The van der Waals surface area contributed by atoms with Crippen molar-refractivity contribution in [2.75, 3.05) is 20.2 Å². The number of halogens is 1. The van der Waals surface area contributed by atoms with E-state index in [9.17, 15) is 0 Å². The van der Waals surface area contributed by atoms with Gasteiger partial charge in [0.15, 0.2) is 0 Å². The molecule has 0 saturated carbocycles. The molecule has 0 aromatic rings. The maximum absolute atomic E-state index is 5.48. The highest BCUT2D eigenvalue weighted by Gasteiger charge is 2.23. The van der Waals surface area contributed by atoms with E-state index in [-0.39, 0.29) is 0 Å². The van der Waals surface area contributed by atoms with Crippen LogP contribution in [0, 0.1) is 0 Å². The van der Waals surface area contributed by atoms with Gasteiger partial charge in [0.05, 0.1) is 6.10 Å². The summed E-state index contributed by atoms with van der Waals surface area (Å²) in [6.07, 6.45) is 0.387. The molecule has 1 aliphatic rings. The maximum Gasteiger partial charge on any atom is 0.0851 e. The molecule has 3 heteroatoms. The van der Waals surface area contributed by atoms with Gasteiger partial charge in [-0.05, 0) is 11.8 Å². The van der Waals surface area contributed by atoms with Crippen molar-refractivity contribution in [1.29, 1.82) is 0 Å². The number of ether oxygens (including phenoxy) is 1. The van der Waals surface area contributed by atoms with Crippen LogP contribution in [0.25, 0.3) is 0 Å². The largest absolute Gasteiger partial charge is 0.379 e. The fourth-order valence-corrected chi connectivity index (χ4v) is 0.845. The third-order valence-electron chi connectivity index (χ3n) is 1.14. The molecule has 0 aromatic carbocycles. The molecular formula is C4H8ClNO. The van der Waals surface area contributed by atoms with Crippen LogP contribution in [0.1, 0.15) is 0 Å². The van der Waals surface area contributed by atoms with Crippen LogP contribution in [0.3, 0.4) is 0 Å². The van der Waals surface area contributed by atoms with E-state index in [4.69, 9.17) is 16.5 Å². The number of nitrogens with zero attached hydrogens (tertiary/aromatic N) is 1. The lowest BCUT2D eigenvalue weighted by atomic mass is 10.2. The highest BCUT2D eigenvalue weighted by Crippen LogP contribution is 2.11. The van der Waals surface area contributed by atoms with Gasteiger partial charge in [-0.1, -0.05) is 0 Å². The van der Waals surface area contributed by atoms with Gasteiger partial charge in [-0.3, -0.25) is 0 Å². The molecule has 0 atom stereocenters. The lowest BCUT2D eigenvalue weighted by molar-refractivity contribution is 0.0135. The third kappa shape index (κ3) is 1.06. The molecule has 0 spiro atoms. The van der Waals surface area contributed by atoms with Crippen molar-refractivity contribution < 1.29 is 4.74 Å². The van der Waals surface area contributed by atoms with Crippen molar-refractivity contribution in [3.63, 3.8) is 0 Å². The lowest BCUT2D eigenvalue weighted by Gasteiger charge is -2.31. The minimum absolute atomic E-state index is 0.387. The van der Waals surface area contributed by atoms with Crippen molar-refractivity contribution in [3.05, 3.63) is 0 Å². The molecule has 1 aliphatic heterocycles. The summed E-state index contributed by atoms with van der Waals surface area (Å²) in [7, 11) is 1.70. The Bertz CT molecular complexity index is 62.7. The summed E-state index contributed by atoms with van der Waals surface area (Å²) >= 11 is 5.48. The minimum atomic E-state index is 0.387. The zero-order valence-electron chi connectivity index (χ0n) is 4.22. The second-order valence-corrected chi connectivity index (χ2v) is 2.16. The van der Waals surface area contributed by atoms with Gasteiger partial charge in [0.1, 0.15) is 0 Å². The Morgan fingerprint density at radius 1 is 1.71 bits per heavy atom. The number of hydrogen-bond donors (Lipinski definition) is 0. The Balaban J connectivity index is 2.06. The average Bonchev–Trinajstić information content (AvgIpc) is 1.58. The Morgan fingerprint density at radius 3 is 2.43 bits per heavy atom. The van der Waals surface area contributed by atoms with E-state index < -0.39 is 0 Å². The second kappa shape index (κ2) is 1.99. The molecule has 42 valence electrons. The Morgan fingerprint density at radius 2 is 2.29 bits per heavy atom. The molecule has 1 fully saturated rings. The molecule has 0 aromatic heterocycles. The summed E-state index contributed by atoms with van der Waals surface area (Å²) in [5.41, 5.74) is 0. The maximum atomic E-state index is 5.48. The van der Waals surface area contributed by atoms with Crippen LogP contribution < -0.4 is 0 Å². The third-order valence-corrected chi connectivity index (χ3v) is 1.41. The quantitative estimate of drug-likeness (QED) is 0.468. The zero-order valence-corrected chi connectivity index (χ0v) is 4.98. The van der Waals surface area contributed by atoms with E-state index in [0.717, 1.165) is 13.1 Å². The van der Waals surface area contributed by atoms with E-state index in [1.807, 2.05) is 0 Å². The molecule has 0 aliphatic carbocycles. The van der Waals surface area contributed by atoms with Crippen molar-refractivity contribution in [2.24, 2.45) is 0 Å². The molecule has 0 N–H and O–H groups in total. The van der Waals surface area contributed by atoms with Gasteiger partial charge >= 0.3 is 0 Å². The van der Waals surface area contributed by atoms with E-state index >= 15 is 0 Å². The summed E-state index contributed by atoms with van der Waals surface area (Å²) in [5, 5.41) is 0. The molecule has 1 heterocycles. The summed E-state index contributed by atoms with van der Waals surface area (Å²) in [5.74, 6) is 0. The van der Waals surface area contributed by atoms with Gasteiger partial charge in [-0.15, -0.1) is 0 Å². The standard InChI is InChI=1S/C4H8ClNO/c1-7-4-2-6(5)3-4/h4H,2-3H2,1H3. The van der Waals surface area contributed by atoms with Crippen LogP contribution in [0.5, 0.6) is 0 Å². The smallest absolute Gasteiger partial charge is 0.0851 e. The molecule has 0 unspecified atom stereocenters. The van der Waals surface area contributed by atoms with Crippen molar-refractivity contribution in [3.8, 4) is 0 Å². The molecule has 2 nitrogen and oxygen atoms in total. The van der Waals surface area contributed by atoms with Gasteiger partial charge in [0.25, 0.3) is 0 Å². The number of methoxy groups -OCH3 is 1. The van der Waals surface area contributed by atoms with Gasteiger partial charge in [0, 0.05) is 20.2 Å². The van der Waals surface area contributed by atoms with Crippen LogP contribution in [0.2, 0.25) is 0 Å². The van der Waals surface area contributed by atoms with Crippen LogP contribution in [0.15, 0.2) is 0 Å². The highest BCUT2D eigenvalue weighted by molar-refractivity contribution is 6.13. The highest BCUT2D eigenvalue weighted by atomic mass is 35.5. The molecule has 0 radical (unpaired) electrons. The van der Waals surface area contributed by atoms with Gasteiger partial charge in [0.2, 0.25) is 0 Å². The van der Waals surface area contributed by atoms with E-state index in [0.29, 0.717) is 6.10 Å². The summed E-state index contributed by atoms with van der Waals surface area (Å²) < 4.78 is 6.63. The van der Waals surface area contributed by atoms with Crippen molar-refractivity contribution in [2.45, 2.75) is 6.10 Å². The monoisotopic (exact) mass is 121 g/mol. The Hall–Kier alpha value is 0.210. The number of rotatable bonds is 1. The predicted molar refractivity (Wildman–Crippen MR) is 28.2 cm³/mol. The van der Waals surface area contributed by atoms with E-state index in [1.54, 1.807) is 11.5 Å². The van der Waals surface area contributed by atoms with Crippen LogP contribution in [0.4, 0.5) is 0 Å². The first-order valence-corrected chi connectivity index (χ1v) is 2.60. The fourth-order valence-electron chi connectivity index (χ4n) is 0.538. The summed E-state index contributed by atoms with van der Waals surface area (Å²) in [6.45, 7) is 1.75. The second-order valence-electron chi connectivity index (χ2n) is 1.69. The molecule has 7 heavy (non-hydrogen) atoms. The van der Waals surface area contributed by atoms with E-state index in [2.05, 4.69) is 0 Å². The normalized spacial score (nSPS) is 24.9. The topological polar surface area (TPSA) is 12.5 Å².